The van der Waals surface area contributed by atoms with Gasteiger partial charge in [-0.15, -0.1) is 0 Å². The third kappa shape index (κ3) is 2.82. The standard InChI is InChI=1S/C26H23F3/c1-14-3-7-16(8-4-14)18-11-12-19-21-13-20(17-9-5-15(2)6-10-17)25(28)26(29)23(21)22(19)24(18)27/h3-4,7-8,11-13,15,17H,5-6,9-10H2,1-2H3. The quantitative estimate of drug-likeness (QED) is 0.324. The van der Waals surface area contributed by atoms with Crippen molar-refractivity contribution in [1.29, 1.82) is 0 Å². The van der Waals surface area contributed by atoms with Gasteiger partial charge in [0.2, 0.25) is 0 Å². The predicted molar refractivity (Wildman–Crippen MR) is 111 cm³/mol. The maximum absolute atomic E-state index is 15.3. The smallest absolute Gasteiger partial charge is 0.167 e. The predicted octanol–water partition coefficient (Wildman–Crippen LogP) is 8.02. The zero-order chi connectivity index (χ0) is 20.3. The molecule has 0 aliphatic heterocycles. The lowest BCUT2D eigenvalue weighted by molar-refractivity contribution is 0.339. The van der Waals surface area contributed by atoms with Crippen LogP contribution in [-0.4, -0.2) is 0 Å². The van der Waals surface area contributed by atoms with Crippen molar-refractivity contribution in [2.75, 3.05) is 0 Å². The van der Waals surface area contributed by atoms with Crippen LogP contribution in [0.15, 0.2) is 42.5 Å². The van der Waals surface area contributed by atoms with Gasteiger partial charge in [-0.1, -0.05) is 61.7 Å². The van der Waals surface area contributed by atoms with Gasteiger partial charge in [0.05, 0.1) is 0 Å². The van der Waals surface area contributed by atoms with Crippen LogP contribution in [0.5, 0.6) is 0 Å². The van der Waals surface area contributed by atoms with Gasteiger partial charge >= 0.3 is 0 Å². The monoisotopic (exact) mass is 392 g/mol. The summed E-state index contributed by atoms with van der Waals surface area (Å²) in [6.45, 7) is 4.17. The molecule has 148 valence electrons. The Balaban J connectivity index is 1.58. The lowest BCUT2D eigenvalue weighted by atomic mass is 9.73. The molecule has 1 saturated carbocycles. The van der Waals surface area contributed by atoms with E-state index in [2.05, 4.69) is 6.92 Å². The minimum Gasteiger partial charge on any atom is -0.206 e. The molecule has 3 aromatic carbocycles. The minimum atomic E-state index is -0.899. The fourth-order valence-electron chi connectivity index (χ4n) is 4.91. The van der Waals surface area contributed by atoms with Gasteiger partial charge in [0.25, 0.3) is 0 Å². The Morgan fingerprint density at radius 1 is 0.690 bits per heavy atom. The van der Waals surface area contributed by atoms with E-state index in [0.29, 0.717) is 28.2 Å². The van der Waals surface area contributed by atoms with E-state index in [-0.39, 0.29) is 17.0 Å². The first-order chi connectivity index (χ1) is 14.0. The van der Waals surface area contributed by atoms with Crippen molar-refractivity contribution >= 4 is 0 Å². The molecule has 0 nitrogen and oxygen atoms in total. The Kier molecular flexibility index (Phi) is 4.31. The van der Waals surface area contributed by atoms with Crippen LogP contribution in [0, 0.1) is 30.3 Å². The second kappa shape index (κ2) is 6.76. The number of fused-ring (bicyclic) bond motifs is 4. The summed E-state index contributed by atoms with van der Waals surface area (Å²) in [4.78, 5) is 0. The number of rotatable bonds is 2. The maximum atomic E-state index is 15.3. The molecule has 0 unspecified atom stereocenters. The van der Waals surface area contributed by atoms with Crippen molar-refractivity contribution in [1.82, 2.24) is 0 Å². The molecule has 0 heterocycles. The lowest BCUT2D eigenvalue weighted by Gasteiger charge is -2.31. The van der Waals surface area contributed by atoms with Crippen LogP contribution in [0.25, 0.3) is 33.4 Å². The number of hydrogen-bond donors (Lipinski definition) is 0. The van der Waals surface area contributed by atoms with Crippen LogP contribution in [0.3, 0.4) is 0 Å². The van der Waals surface area contributed by atoms with Gasteiger partial charge in [0, 0.05) is 16.7 Å². The molecule has 2 aliphatic rings. The van der Waals surface area contributed by atoms with Crippen LogP contribution >= 0.6 is 0 Å². The average molecular weight is 392 g/mol. The molecule has 3 aromatic rings. The Morgan fingerprint density at radius 3 is 2.00 bits per heavy atom. The molecule has 0 atom stereocenters. The van der Waals surface area contributed by atoms with Crippen LogP contribution in [0.1, 0.15) is 49.7 Å². The molecule has 3 heteroatoms. The fraction of sp³-hybridized carbons (Fsp3) is 0.308. The van der Waals surface area contributed by atoms with Crippen LogP contribution in [0.2, 0.25) is 0 Å². The fourth-order valence-corrected chi connectivity index (χ4v) is 4.91. The molecule has 0 radical (unpaired) electrons. The highest BCUT2D eigenvalue weighted by molar-refractivity contribution is 6.04. The summed E-state index contributed by atoms with van der Waals surface area (Å²) in [6, 6.07) is 12.9. The molecule has 2 aliphatic carbocycles. The Bertz CT molecular complexity index is 1100. The molecule has 0 bridgehead atoms. The number of benzene rings is 3. The summed E-state index contributed by atoms with van der Waals surface area (Å²) >= 11 is 0. The zero-order valence-corrected chi connectivity index (χ0v) is 16.7. The Labute approximate surface area is 169 Å². The summed E-state index contributed by atoms with van der Waals surface area (Å²) in [7, 11) is 0. The average Bonchev–Trinajstić information content (AvgIpc) is 2.70. The summed E-state index contributed by atoms with van der Waals surface area (Å²) in [5.74, 6) is -1.48. The largest absolute Gasteiger partial charge is 0.206 e. The highest BCUT2D eigenvalue weighted by atomic mass is 19.2. The van der Waals surface area contributed by atoms with E-state index >= 15 is 8.78 Å². The Morgan fingerprint density at radius 2 is 1.31 bits per heavy atom. The molecular formula is C26H23F3. The highest BCUT2D eigenvalue weighted by Gasteiger charge is 2.35. The van der Waals surface area contributed by atoms with Crippen molar-refractivity contribution in [2.45, 2.75) is 45.4 Å². The van der Waals surface area contributed by atoms with Crippen LogP contribution in [-0.2, 0) is 0 Å². The van der Waals surface area contributed by atoms with Gasteiger partial charge in [-0.05, 0) is 59.9 Å². The number of hydrogen-bond acceptors (Lipinski definition) is 0. The van der Waals surface area contributed by atoms with E-state index in [4.69, 9.17) is 0 Å². The first-order valence-electron chi connectivity index (χ1n) is 10.4. The van der Waals surface area contributed by atoms with Gasteiger partial charge in [0.15, 0.2) is 11.6 Å². The molecule has 5 rings (SSSR count). The molecule has 1 fully saturated rings. The molecule has 0 N–H and O–H groups in total. The molecule has 0 saturated heterocycles. The lowest BCUT2D eigenvalue weighted by Crippen LogP contribution is -2.15. The van der Waals surface area contributed by atoms with E-state index in [1.165, 1.54) is 0 Å². The first-order valence-corrected chi connectivity index (χ1v) is 10.4. The minimum absolute atomic E-state index is 0.0479. The van der Waals surface area contributed by atoms with Gasteiger partial charge in [-0.25, -0.2) is 13.2 Å². The summed E-state index contributed by atoms with van der Waals surface area (Å²) in [6.07, 6.45) is 3.83. The van der Waals surface area contributed by atoms with Crippen molar-refractivity contribution in [3.8, 4) is 33.4 Å². The van der Waals surface area contributed by atoms with Gasteiger partial charge in [0.1, 0.15) is 5.82 Å². The third-order valence-electron chi connectivity index (χ3n) is 6.74. The van der Waals surface area contributed by atoms with Crippen molar-refractivity contribution in [3.63, 3.8) is 0 Å². The highest BCUT2D eigenvalue weighted by Crippen LogP contribution is 2.54. The van der Waals surface area contributed by atoms with E-state index < -0.39 is 17.5 Å². The normalized spacial score (nSPS) is 20.0. The summed E-state index contributed by atoms with van der Waals surface area (Å²) in [5, 5.41) is 0. The summed E-state index contributed by atoms with van der Waals surface area (Å²) in [5.41, 5.74) is 4.32. The SMILES string of the molecule is Cc1ccc(-c2ccc3c(c2F)-c2c-3cc(C3CCC(C)CC3)c(F)c2F)cc1. The van der Waals surface area contributed by atoms with E-state index in [1.54, 1.807) is 12.1 Å². The number of halogens is 3. The first kappa shape index (κ1) is 18.5. The van der Waals surface area contributed by atoms with E-state index in [1.807, 2.05) is 37.3 Å². The van der Waals surface area contributed by atoms with Gasteiger partial charge in [-0.3, -0.25) is 0 Å². The second-order valence-corrected chi connectivity index (χ2v) is 8.69. The van der Waals surface area contributed by atoms with Gasteiger partial charge < -0.3 is 0 Å². The maximum Gasteiger partial charge on any atom is 0.167 e. The Hall–Kier alpha value is -2.55. The molecular weight excluding hydrogens is 369 g/mol. The molecule has 29 heavy (non-hydrogen) atoms. The van der Waals surface area contributed by atoms with Crippen molar-refractivity contribution in [2.24, 2.45) is 5.92 Å². The molecule has 0 aromatic heterocycles. The molecule has 0 amide bonds. The van der Waals surface area contributed by atoms with Crippen molar-refractivity contribution in [3.05, 3.63) is 71.0 Å². The third-order valence-corrected chi connectivity index (χ3v) is 6.74. The molecule has 0 spiro atoms. The van der Waals surface area contributed by atoms with Crippen molar-refractivity contribution < 1.29 is 13.2 Å². The van der Waals surface area contributed by atoms with E-state index in [0.717, 1.165) is 36.8 Å². The number of aryl methyl sites for hydroxylation is 1. The second-order valence-electron chi connectivity index (χ2n) is 8.69. The topological polar surface area (TPSA) is 0 Å². The van der Waals surface area contributed by atoms with Crippen LogP contribution < -0.4 is 0 Å². The van der Waals surface area contributed by atoms with E-state index in [9.17, 15) is 4.39 Å². The van der Waals surface area contributed by atoms with Crippen LogP contribution in [0.4, 0.5) is 13.2 Å². The zero-order valence-electron chi connectivity index (χ0n) is 16.7. The van der Waals surface area contributed by atoms with Gasteiger partial charge in [-0.2, -0.15) is 0 Å². The summed E-state index contributed by atoms with van der Waals surface area (Å²) < 4.78 is 45.3.